The van der Waals surface area contributed by atoms with Gasteiger partial charge in [0.25, 0.3) is 0 Å². The maximum Gasteiger partial charge on any atom is 0.506 e. The summed E-state index contributed by atoms with van der Waals surface area (Å²) in [4.78, 5) is 42.8. The van der Waals surface area contributed by atoms with Crippen LogP contribution in [0.3, 0.4) is 0 Å². The molecule has 0 spiro atoms. The molecule has 3 rings (SSSR count). The molecule has 0 aromatic heterocycles. The molecule has 2 unspecified atom stereocenters. The average Bonchev–Trinajstić information content (AvgIpc) is 3.05. The standard InChI is InChI=1S/C22H24NO7P/c24-20(18(15-31(27,28)29)14-16-6-2-1-3-7-16)23-13-12-22(30-21(25)26)11-10-17-8-4-5-9-19(17)22/h1-11,18H,12-15H2,(H,23,24)(H,25,26)(H2,27,28,29). The Morgan fingerprint density at radius 3 is 2.42 bits per heavy atom. The summed E-state index contributed by atoms with van der Waals surface area (Å²) in [6.45, 7) is 0.0667. The van der Waals surface area contributed by atoms with Gasteiger partial charge in [0.1, 0.15) is 0 Å². The van der Waals surface area contributed by atoms with Crippen LogP contribution in [-0.4, -0.2) is 39.7 Å². The van der Waals surface area contributed by atoms with E-state index in [4.69, 9.17) is 4.74 Å². The summed E-state index contributed by atoms with van der Waals surface area (Å²) in [6.07, 6.45) is 1.73. The van der Waals surface area contributed by atoms with Crippen molar-refractivity contribution in [2.45, 2.75) is 18.4 Å². The zero-order chi connectivity index (χ0) is 22.5. The Bertz CT molecular complexity index is 1020. The Balaban J connectivity index is 1.70. The highest BCUT2D eigenvalue weighted by molar-refractivity contribution is 7.51. The number of rotatable bonds is 9. The van der Waals surface area contributed by atoms with Crippen LogP contribution in [0.1, 0.15) is 23.1 Å². The number of carboxylic acid groups (broad SMARTS) is 1. The molecule has 8 nitrogen and oxygen atoms in total. The molecule has 2 aromatic carbocycles. The first-order chi connectivity index (χ1) is 14.7. The van der Waals surface area contributed by atoms with Crippen molar-refractivity contribution in [3.63, 3.8) is 0 Å². The molecule has 1 aliphatic rings. The molecule has 1 amide bonds. The van der Waals surface area contributed by atoms with Gasteiger partial charge in [0.05, 0.1) is 12.1 Å². The van der Waals surface area contributed by atoms with Gasteiger partial charge in [-0.2, -0.15) is 0 Å². The number of carbonyl (C=O) groups excluding carboxylic acids is 1. The minimum Gasteiger partial charge on any atom is -0.450 e. The van der Waals surface area contributed by atoms with Crippen LogP contribution in [0.25, 0.3) is 6.08 Å². The molecule has 31 heavy (non-hydrogen) atoms. The van der Waals surface area contributed by atoms with E-state index in [9.17, 15) is 29.0 Å². The van der Waals surface area contributed by atoms with Gasteiger partial charge in [-0.05, 0) is 23.6 Å². The third-order valence-corrected chi connectivity index (χ3v) is 6.08. The lowest BCUT2D eigenvalue weighted by Crippen LogP contribution is -2.38. The number of nitrogens with one attached hydrogen (secondary N) is 1. The molecule has 164 valence electrons. The first-order valence-corrected chi connectivity index (χ1v) is 11.6. The van der Waals surface area contributed by atoms with Crippen molar-refractivity contribution in [3.05, 3.63) is 77.4 Å². The van der Waals surface area contributed by atoms with Gasteiger partial charge in [0.2, 0.25) is 5.91 Å². The Labute approximate surface area is 179 Å². The van der Waals surface area contributed by atoms with E-state index in [0.29, 0.717) is 5.56 Å². The highest BCUT2D eigenvalue weighted by Gasteiger charge is 2.39. The van der Waals surface area contributed by atoms with E-state index in [0.717, 1.165) is 11.1 Å². The number of ether oxygens (including phenoxy) is 1. The number of amides is 1. The van der Waals surface area contributed by atoms with Gasteiger partial charge in [-0.15, -0.1) is 0 Å². The molecular formula is C22H24NO7P. The summed E-state index contributed by atoms with van der Waals surface area (Å²) in [5.74, 6) is -1.43. The average molecular weight is 445 g/mol. The van der Waals surface area contributed by atoms with Crippen LogP contribution in [0.15, 0.2) is 60.7 Å². The number of hydrogen-bond donors (Lipinski definition) is 4. The minimum atomic E-state index is -4.42. The first kappa shape index (κ1) is 22.7. The molecule has 1 aliphatic carbocycles. The summed E-state index contributed by atoms with van der Waals surface area (Å²) in [5, 5.41) is 11.9. The fraction of sp³-hybridized carbons (Fsp3) is 0.273. The largest absolute Gasteiger partial charge is 0.506 e. The van der Waals surface area contributed by atoms with E-state index in [2.05, 4.69) is 5.32 Å². The maximum absolute atomic E-state index is 12.7. The molecular weight excluding hydrogens is 421 g/mol. The Kier molecular flexibility index (Phi) is 6.95. The molecule has 0 aliphatic heterocycles. The number of benzene rings is 2. The molecule has 9 heteroatoms. The summed E-state index contributed by atoms with van der Waals surface area (Å²) in [5.41, 5.74) is 1.07. The van der Waals surface area contributed by atoms with E-state index in [-0.39, 0.29) is 19.4 Å². The predicted molar refractivity (Wildman–Crippen MR) is 114 cm³/mol. The van der Waals surface area contributed by atoms with Crippen LogP contribution in [-0.2, 0) is 26.1 Å². The SMILES string of the molecule is O=C(O)OC1(CCNC(=O)C(Cc2ccccc2)CP(=O)(O)O)C=Cc2ccccc21. The third-order valence-electron chi connectivity index (χ3n) is 5.17. The fourth-order valence-electron chi connectivity index (χ4n) is 3.80. The predicted octanol–water partition coefficient (Wildman–Crippen LogP) is 3.15. The molecule has 0 saturated heterocycles. The second-order valence-electron chi connectivity index (χ2n) is 7.45. The summed E-state index contributed by atoms with van der Waals surface area (Å²) in [6, 6.07) is 16.2. The number of carbonyl (C=O) groups is 2. The Hall–Kier alpha value is -2.93. The normalized spacial score (nSPS) is 18.3. The minimum absolute atomic E-state index is 0.0667. The quantitative estimate of drug-likeness (QED) is 0.344. The smallest absolute Gasteiger partial charge is 0.450 e. The van der Waals surface area contributed by atoms with E-state index < -0.39 is 37.3 Å². The van der Waals surface area contributed by atoms with Crippen molar-refractivity contribution in [2.24, 2.45) is 5.92 Å². The molecule has 0 fully saturated rings. The van der Waals surface area contributed by atoms with Crippen LogP contribution in [0.4, 0.5) is 4.79 Å². The summed E-state index contributed by atoms with van der Waals surface area (Å²) >= 11 is 0. The topological polar surface area (TPSA) is 133 Å². The zero-order valence-corrected chi connectivity index (χ0v) is 17.6. The second-order valence-corrected chi connectivity index (χ2v) is 9.15. The van der Waals surface area contributed by atoms with Crippen molar-refractivity contribution < 1.29 is 33.8 Å². The zero-order valence-electron chi connectivity index (χ0n) is 16.7. The first-order valence-electron chi connectivity index (χ1n) is 9.75. The highest BCUT2D eigenvalue weighted by Crippen LogP contribution is 2.40. The maximum atomic E-state index is 12.7. The fourth-order valence-corrected chi connectivity index (χ4v) is 4.67. The lowest BCUT2D eigenvalue weighted by atomic mass is 9.92. The van der Waals surface area contributed by atoms with Gasteiger partial charge in [-0.3, -0.25) is 9.36 Å². The molecule has 0 saturated carbocycles. The van der Waals surface area contributed by atoms with Gasteiger partial charge < -0.3 is 24.9 Å². The monoisotopic (exact) mass is 445 g/mol. The lowest BCUT2D eigenvalue weighted by Gasteiger charge is -2.28. The van der Waals surface area contributed by atoms with Gasteiger partial charge in [0.15, 0.2) is 5.60 Å². The van der Waals surface area contributed by atoms with Crippen LogP contribution in [0, 0.1) is 5.92 Å². The van der Waals surface area contributed by atoms with E-state index in [1.807, 2.05) is 18.2 Å². The molecule has 2 aromatic rings. The lowest BCUT2D eigenvalue weighted by molar-refractivity contribution is -0.124. The second kappa shape index (κ2) is 9.47. The van der Waals surface area contributed by atoms with Gasteiger partial charge in [0, 0.05) is 18.5 Å². The molecule has 0 heterocycles. The Morgan fingerprint density at radius 1 is 1.06 bits per heavy atom. The van der Waals surface area contributed by atoms with Gasteiger partial charge in [-0.1, -0.05) is 60.7 Å². The Morgan fingerprint density at radius 2 is 1.74 bits per heavy atom. The summed E-state index contributed by atoms with van der Waals surface area (Å²) in [7, 11) is -4.42. The molecule has 0 radical (unpaired) electrons. The van der Waals surface area contributed by atoms with Crippen molar-refractivity contribution in [1.29, 1.82) is 0 Å². The van der Waals surface area contributed by atoms with Crippen LogP contribution in [0.5, 0.6) is 0 Å². The molecule has 2 atom stereocenters. The van der Waals surface area contributed by atoms with E-state index >= 15 is 0 Å². The van der Waals surface area contributed by atoms with E-state index in [1.165, 1.54) is 0 Å². The van der Waals surface area contributed by atoms with Crippen LogP contribution < -0.4 is 5.32 Å². The van der Waals surface area contributed by atoms with Crippen molar-refractivity contribution in [2.75, 3.05) is 12.7 Å². The number of hydrogen-bond acceptors (Lipinski definition) is 4. The highest BCUT2D eigenvalue weighted by atomic mass is 31.2. The molecule has 4 N–H and O–H groups in total. The van der Waals surface area contributed by atoms with Crippen molar-refractivity contribution in [3.8, 4) is 0 Å². The van der Waals surface area contributed by atoms with Gasteiger partial charge in [-0.25, -0.2) is 4.79 Å². The van der Waals surface area contributed by atoms with Crippen LogP contribution >= 0.6 is 7.60 Å². The summed E-state index contributed by atoms with van der Waals surface area (Å²) < 4.78 is 16.7. The molecule has 0 bridgehead atoms. The van der Waals surface area contributed by atoms with Gasteiger partial charge >= 0.3 is 13.8 Å². The van der Waals surface area contributed by atoms with E-state index in [1.54, 1.807) is 48.6 Å². The number of fused-ring (bicyclic) bond motifs is 1. The van der Waals surface area contributed by atoms with Crippen LogP contribution in [0.2, 0.25) is 0 Å². The van der Waals surface area contributed by atoms with Crippen molar-refractivity contribution >= 4 is 25.7 Å². The van der Waals surface area contributed by atoms with Crippen molar-refractivity contribution in [1.82, 2.24) is 5.32 Å². The third kappa shape index (κ3) is 6.04.